The second-order valence-corrected chi connectivity index (χ2v) is 6.28. The molecule has 0 aliphatic carbocycles. The van der Waals surface area contributed by atoms with Crippen LogP contribution in [0.4, 0.5) is 14.9 Å². The van der Waals surface area contributed by atoms with E-state index in [1.807, 2.05) is 30.3 Å². The molecule has 6 heteroatoms. The number of nitrogens with zero attached hydrogens (tertiary/aromatic N) is 1. The molecule has 3 N–H and O–H groups in total. The van der Waals surface area contributed by atoms with Gasteiger partial charge >= 0.3 is 6.03 Å². The quantitative estimate of drug-likeness (QED) is 0.782. The zero-order valence-electron chi connectivity index (χ0n) is 13.9. The van der Waals surface area contributed by atoms with Crippen molar-refractivity contribution in [3.63, 3.8) is 0 Å². The van der Waals surface area contributed by atoms with E-state index in [0.29, 0.717) is 18.8 Å². The summed E-state index contributed by atoms with van der Waals surface area (Å²) in [5, 5.41) is 15.9. The Morgan fingerprint density at radius 2 is 1.92 bits per heavy atom. The Hall–Kier alpha value is -2.44. The molecule has 0 aromatic heterocycles. The molecule has 132 valence electrons. The number of hydrogen-bond acceptors (Lipinski definition) is 3. The van der Waals surface area contributed by atoms with Gasteiger partial charge < -0.3 is 15.7 Å². The van der Waals surface area contributed by atoms with Crippen LogP contribution in [0.25, 0.3) is 0 Å². The van der Waals surface area contributed by atoms with Crippen LogP contribution in [0.1, 0.15) is 18.1 Å². The lowest BCUT2D eigenvalue weighted by Crippen LogP contribution is -2.40. The van der Waals surface area contributed by atoms with Crippen LogP contribution in [0.15, 0.2) is 54.6 Å². The molecule has 25 heavy (non-hydrogen) atoms. The Labute approximate surface area is 146 Å². The molecule has 0 bridgehead atoms. The Balaban J connectivity index is 1.44. The number of likely N-dealkylation sites (tertiary alicyclic amines) is 1. The van der Waals surface area contributed by atoms with Gasteiger partial charge in [-0.1, -0.05) is 30.3 Å². The summed E-state index contributed by atoms with van der Waals surface area (Å²) in [4.78, 5) is 14.2. The van der Waals surface area contributed by atoms with Crippen LogP contribution in [0.5, 0.6) is 0 Å². The molecule has 0 spiro atoms. The van der Waals surface area contributed by atoms with Crippen molar-refractivity contribution in [1.29, 1.82) is 0 Å². The van der Waals surface area contributed by atoms with E-state index in [1.165, 1.54) is 24.3 Å². The van der Waals surface area contributed by atoms with E-state index in [9.17, 15) is 14.3 Å². The minimum atomic E-state index is -0.534. The number of aliphatic hydroxyl groups is 1. The number of carbonyl (C=O) groups excluding carboxylic acids is 1. The normalized spacial score (nSPS) is 18.7. The lowest BCUT2D eigenvalue weighted by molar-refractivity contribution is 0.125. The maximum atomic E-state index is 12.9. The SMILES string of the molecule is O=C(Nc1ccc(F)cc1)N[C@H]1CCN(C[C@H](O)c2ccccc2)C1. The summed E-state index contributed by atoms with van der Waals surface area (Å²) in [6.45, 7) is 2.06. The van der Waals surface area contributed by atoms with Crippen molar-refractivity contribution < 1.29 is 14.3 Å². The van der Waals surface area contributed by atoms with E-state index in [-0.39, 0.29) is 17.9 Å². The van der Waals surface area contributed by atoms with Gasteiger partial charge in [-0.3, -0.25) is 4.90 Å². The molecule has 1 aliphatic rings. The van der Waals surface area contributed by atoms with Gasteiger partial charge in [-0.15, -0.1) is 0 Å². The molecule has 0 unspecified atom stereocenters. The lowest BCUT2D eigenvalue weighted by Gasteiger charge is -2.20. The van der Waals surface area contributed by atoms with Crippen molar-refractivity contribution in [2.45, 2.75) is 18.6 Å². The van der Waals surface area contributed by atoms with Crippen LogP contribution in [0.3, 0.4) is 0 Å². The monoisotopic (exact) mass is 343 g/mol. The van der Waals surface area contributed by atoms with Crippen molar-refractivity contribution in [3.8, 4) is 0 Å². The maximum Gasteiger partial charge on any atom is 0.319 e. The number of rotatable bonds is 5. The highest BCUT2D eigenvalue weighted by atomic mass is 19.1. The van der Waals surface area contributed by atoms with E-state index in [2.05, 4.69) is 15.5 Å². The van der Waals surface area contributed by atoms with Gasteiger partial charge in [0, 0.05) is 31.4 Å². The first-order valence-corrected chi connectivity index (χ1v) is 8.38. The summed E-state index contributed by atoms with van der Waals surface area (Å²) in [6.07, 6.45) is 0.297. The minimum Gasteiger partial charge on any atom is -0.387 e. The average molecular weight is 343 g/mol. The fraction of sp³-hybridized carbons (Fsp3) is 0.316. The average Bonchev–Trinajstić information content (AvgIpc) is 3.04. The Morgan fingerprint density at radius 3 is 2.64 bits per heavy atom. The van der Waals surface area contributed by atoms with Crippen LogP contribution in [-0.2, 0) is 0 Å². The summed E-state index contributed by atoms with van der Waals surface area (Å²) in [7, 11) is 0. The molecular weight excluding hydrogens is 321 g/mol. The predicted octanol–water partition coefficient (Wildman–Crippen LogP) is 2.76. The minimum absolute atomic E-state index is 0.0309. The van der Waals surface area contributed by atoms with Gasteiger partial charge in [0.1, 0.15) is 5.82 Å². The Morgan fingerprint density at radius 1 is 1.20 bits per heavy atom. The van der Waals surface area contributed by atoms with Crippen LogP contribution in [-0.4, -0.2) is 41.7 Å². The molecular formula is C19H22FN3O2. The van der Waals surface area contributed by atoms with Gasteiger partial charge in [-0.25, -0.2) is 9.18 Å². The molecule has 2 amide bonds. The lowest BCUT2D eigenvalue weighted by atomic mass is 10.1. The number of benzene rings is 2. The second-order valence-electron chi connectivity index (χ2n) is 6.28. The third-order valence-corrected chi connectivity index (χ3v) is 4.33. The molecule has 1 aliphatic heterocycles. The number of aliphatic hydroxyl groups excluding tert-OH is 1. The third-order valence-electron chi connectivity index (χ3n) is 4.33. The maximum absolute atomic E-state index is 12.9. The van der Waals surface area contributed by atoms with E-state index >= 15 is 0 Å². The Kier molecular flexibility index (Phi) is 5.63. The number of hydrogen-bond donors (Lipinski definition) is 3. The van der Waals surface area contributed by atoms with Crippen LogP contribution < -0.4 is 10.6 Å². The van der Waals surface area contributed by atoms with Gasteiger partial charge in [0.2, 0.25) is 0 Å². The first-order valence-electron chi connectivity index (χ1n) is 8.38. The topological polar surface area (TPSA) is 64.6 Å². The molecule has 1 fully saturated rings. The molecule has 5 nitrogen and oxygen atoms in total. The number of amides is 2. The number of nitrogens with one attached hydrogen (secondary N) is 2. The van der Waals surface area contributed by atoms with Crippen LogP contribution in [0, 0.1) is 5.82 Å². The zero-order valence-corrected chi connectivity index (χ0v) is 13.9. The number of anilines is 1. The third kappa shape index (κ3) is 5.01. The van der Waals surface area contributed by atoms with Crippen LogP contribution >= 0.6 is 0 Å². The first-order chi connectivity index (χ1) is 12.1. The van der Waals surface area contributed by atoms with Gasteiger partial charge in [0.05, 0.1) is 6.10 Å². The number of halogens is 1. The zero-order chi connectivity index (χ0) is 17.6. The predicted molar refractivity (Wildman–Crippen MR) is 94.8 cm³/mol. The molecule has 0 saturated carbocycles. The highest BCUT2D eigenvalue weighted by Crippen LogP contribution is 2.17. The fourth-order valence-electron chi connectivity index (χ4n) is 3.03. The highest BCUT2D eigenvalue weighted by molar-refractivity contribution is 5.89. The first kappa shape index (κ1) is 17.4. The highest BCUT2D eigenvalue weighted by Gasteiger charge is 2.25. The van der Waals surface area contributed by atoms with Gasteiger partial charge in [-0.2, -0.15) is 0 Å². The summed E-state index contributed by atoms with van der Waals surface area (Å²) in [6, 6.07) is 14.9. The smallest absolute Gasteiger partial charge is 0.319 e. The molecule has 3 rings (SSSR count). The summed E-state index contributed by atoms with van der Waals surface area (Å²) in [5.41, 5.74) is 1.45. The molecule has 2 aromatic carbocycles. The summed E-state index contributed by atoms with van der Waals surface area (Å²) in [5.74, 6) is -0.339. The van der Waals surface area contributed by atoms with E-state index in [1.54, 1.807) is 0 Å². The van der Waals surface area contributed by atoms with Gasteiger partial charge in [-0.05, 0) is 36.2 Å². The van der Waals surface area contributed by atoms with Crippen molar-refractivity contribution >= 4 is 11.7 Å². The summed E-state index contributed by atoms with van der Waals surface area (Å²) < 4.78 is 12.9. The second kappa shape index (κ2) is 8.09. The Bertz CT molecular complexity index is 694. The van der Waals surface area contributed by atoms with Crippen molar-refractivity contribution in [1.82, 2.24) is 10.2 Å². The van der Waals surface area contributed by atoms with E-state index in [0.717, 1.165) is 18.5 Å². The number of carbonyl (C=O) groups is 1. The molecule has 1 heterocycles. The number of urea groups is 1. The van der Waals surface area contributed by atoms with Crippen molar-refractivity contribution in [2.24, 2.45) is 0 Å². The van der Waals surface area contributed by atoms with Crippen molar-refractivity contribution in [3.05, 3.63) is 66.0 Å². The largest absolute Gasteiger partial charge is 0.387 e. The molecule has 0 radical (unpaired) electrons. The molecule has 2 atom stereocenters. The van der Waals surface area contributed by atoms with Gasteiger partial charge in [0.25, 0.3) is 0 Å². The standard InChI is InChI=1S/C19H22FN3O2/c20-15-6-8-16(9-7-15)21-19(25)22-17-10-11-23(12-17)13-18(24)14-4-2-1-3-5-14/h1-9,17-18,24H,10-13H2,(H2,21,22,25)/t17-,18-/m0/s1. The molecule has 2 aromatic rings. The van der Waals surface area contributed by atoms with Crippen molar-refractivity contribution in [2.75, 3.05) is 25.0 Å². The van der Waals surface area contributed by atoms with Crippen LogP contribution in [0.2, 0.25) is 0 Å². The van der Waals surface area contributed by atoms with E-state index in [4.69, 9.17) is 0 Å². The summed E-state index contributed by atoms with van der Waals surface area (Å²) >= 11 is 0. The van der Waals surface area contributed by atoms with E-state index < -0.39 is 6.10 Å². The number of β-amino-alcohol motifs (C(OH)–C–C–N with tert-alkyl or cyclic N) is 1. The fourth-order valence-corrected chi connectivity index (χ4v) is 3.03. The molecule has 1 saturated heterocycles. The van der Waals surface area contributed by atoms with Gasteiger partial charge in [0.15, 0.2) is 0 Å².